The molecule has 8 N–H and O–H groups in total. The van der Waals surface area contributed by atoms with E-state index in [1.54, 1.807) is 48.1 Å². The van der Waals surface area contributed by atoms with E-state index in [2.05, 4.69) is 20.8 Å². The summed E-state index contributed by atoms with van der Waals surface area (Å²) in [6, 6.07) is 14.5. The predicted octanol–water partition coefficient (Wildman–Crippen LogP) is 2.65. The Morgan fingerprint density at radius 2 is 2.03 bits per heavy atom. The number of thiophene rings is 1. The van der Waals surface area contributed by atoms with Crippen molar-refractivity contribution in [3.05, 3.63) is 77.6 Å². The monoisotopic (exact) mass is 463 g/mol. The van der Waals surface area contributed by atoms with Crippen molar-refractivity contribution in [1.82, 2.24) is 15.7 Å². The number of anilines is 1. The maximum absolute atomic E-state index is 12.2. The molecule has 4 aromatic rings. The van der Waals surface area contributed by atoms with Gasteiger partial charge in [-0.2, -0.15) is 0 Å². The molecule has 0 aliphatic heterocycles. The zero-order valence-corrected chi connectivity index (χ0v) is 18.1. The fourth-order valence-electron chi connectivity index (χ4n) is 3.04. The Kier molecular flexibility index (Phi) is 6.53. The molecule has 1 amide bonds. The number of nitrogen functional groups attached to an aromatic ring is 1. The van der Waals surface area contributed by atoms with Crippen molar-refractivity contribution in [2.24, 2.45) is 16.8 Å². The van der Waals surface area contributed by atoms with Crippen molar-refractivity contribution in [3.8, 4) is 27.6 Å². The second-order valence-electron chi connectivity index (χ2n) is 6.82. The van der Waals surface area contributed by atoms with E-state index in [4.69, 9.17) is 26.6 Å². The van der Waals surface area contributed by atoms with E-state index in [1.165, 1.54) is 0 Å². The summed E-state index contributed by atoms with van der Waals surface area (Å²) in [5.74, 6) is 10.2. The van der Waals surface area contributed by atoms with Gasteiger partial charge in [-0.3, -0.25) is 15.5 Å². The number of carbonyl (C=O) groups is 1. The molecule has 1 aromatic carbocycles. The van der Waals surface area contributed by atoms with Crippen LogP contribution in [0.4, 0.5) is 5.69 Å². The highest BCUT2D eigenvalue weighted by atomic mass is 32.1. The largest absolute Gasteiger partial charge is 0.472 e. The number of hydrogen-bond donors (Lipinski definition) is 5. The number of hydrogen-bond acceptors (Lipinski definition) is 9. The van der Waals surface area contributed by atoms with E-state index in [0.29, 0.717) is 17.1 Å². The van der Waals surface area contributed by atoms with Gasteiger partial charge in [0.2, 0.25) is 11.8 Å². The Morgan fingerprint density at radius 3 is 2.67 bits per heavy atom. The fraction of sp³-hybridized carbons (Fsp3) is 0.0455. The van der Waals surface area contributed by atoms with Crippen LogP contribution in [0.2, 0.25) is 0 Å². The molecular formula is C22H21N7O3S. The lowest BCUT2D eigenvalue weighted by molar-refractivity contribution is 0.0975. The summed E-state index contributed by atoms with van der Waals surface area (Å²) in [5, 5.41) is 7.74. The molecule has 11 heteroatoms. The number of furan rings is 1. The smallest absolute Gasteiger partial charge is 0.258 e. The predicted molar refractivity (Wildman–Crippen MR) is 127 cm³/mol. The second-order valence-corrected chi connectivity index (χ2v) is 7.77. The van der Waals surface area contributed by atoms with E-state index in [0.717, 1.165) is 27.3 Å². The highest BCUT2D eigenvalue weighted by molar-refractivity contribution is 7.13. The fourth-order valence-corrected chi connectivity index (χ4v) is 3.72. The van der Waals surface area contributed by atoms with Crippen molar-refractivity contribution >= 4 is 28.9 Å². The van der Waals surface area contributed by atoms with Gasteiger partial charge in [-0.15, -0.1) is 16.4 Å². The zero-order valence-electron chi connectivity index (χ0n) is 17.3. The SMILES string of the molecule is N/N=C(\NN)NC(=O)c1ccc(COc2nc(-c3cccs3)cc(-c3ccoc3)c2N)cc1. The number of rotatable bonds is 6. The van der Waals surface area contributed by atoms with Crippen LogP contribution >= 0.6 is 11.3 Å². The van der Waals surface area contributed by atoms with Crippen molar-refractivity contribution in [2.45, 2.75) is 6.61 Å². The maximum Gasteiger partial charge on any atom is 0.258 e. The van der Waals surface area contributed by atoms with Crippen LogP contribution in [0.15, 0.2) is 76.0 Å². The first kappa shape index (κ1) is 21.9. The third-order valence-corrected chi connectivity index (χ3v) is 5.61. The first-order valence-corrected chi connectivity index (χ1v) is 10.6. The van der Waals surface area contributed by atoms with Crippen molar-refractivity contribution in [3.63, 3.8) is 0 Å². The van der Waals surface area contributed by atoms with E-state index in [1.807, 2.05) is 29.6 Å². The minimum Gasteiger partial charge on any atom is -0.472 e. The average molecular weight is 464 g/mol. The summed E-state index contributed by atoms with van der Waals surface area (Å²) in [6.07, 6.45) is 3.21. The lowest BCUT2D eigenvalue weighted by Crippen LogP contribution is -2.45. The number of nitrogens with two attached hydrogens (primary N) is 3. The van der Waals surface area contributed by atoms with Crippen LogP contribution in [0, 0.1) is 0 Å². The quantitative estimate of drug-likeness (QED) is 0.126. The molecule has 0 aliphatic rings. The molecule has 0 saturated carbocycles. The minimum atomic E-state index is -0.413. The first-order chi connectivity index (χ1) is 16.1. The molecular weight excluding hydrogens is 442 g/mol. The van der Waals surface area contributed by atoms with Crippen molar-refractivity contribution in [2.75, 3.05) is 5.73 Å². The van der Waals surface area contributed by atoms with Gasteiger partial charge in [0.25, 0.3) is 5.91 Å². The average Bonchev–Trinajstić information content (AvgIpc) is 3.57. The topological polar surface area (TPSA) is 167 Å². The normalized spacial score (nSPS) is 11.2. The van der Waals surface area contributed by atoms with E-state index < -0.39 is 5.91 Å². The van der Waals surface area contributed by atoms with Gasteiger partial charge < -0.3 is 20.7 Å². The van der Waals surface area contributed by atoms with Crippen LogP contribution in [0.25, 0.3) is 21.7 Å². The Morgan fingerprint density at radius 1 is 1.21 bits per heavy atom. The van der Waals surface area contributed by atoms with Crippen LogP contribution in [0.1, 0.15) is 15.9 Å². The summed E-state index contributed by atoms with van der Waals surface area (Å²) in [6.45, 7) is 0.206. The van der Waals surface area contributed by atoms with Gasteiger partial charge >= 0.3 is 0 Å². The molecule has 0 spiro atoms. The number of benzene rings is 1. The van der Waals surface area contributed by atoms with Gasteiger partial charge in [-0.25, -0.2) is 10.8 Å². The Balaban J connectivity index is 1.54. The molecule has 0 radical (unpaired) electrons. The molecule has 3 aromatic heterocycles. The molecule has 33 heavy (non-hydrogen) atoms. The number of carbonyl (C=O) groups excluding carboxylic acids is 1. The third kappa shape index (κ3) is 4.95. The highest BCUT2D eigenvalue weighted by Gasteiger charge is 2.16. The second kappa shape index (κ2) is 9.85. The molecule has 0 unspecified atom stereocenters. The van der Waals surface area contributed by atoms with E-state index in [9.17, 15) is 4.79 Å². The number of ether oxygens (including phenoxy) is 1. The number of pyridine rings is 1. The lowest BCUT2D eigenvalue weighted by Gasteiger charge is -2.13. The number of guanidine groups is 1. The van der Waals surface area contributed by atoms with Crippen LogP contribution in [-0.2, 0) is 6.61 Å². The molecule has 0 aliphatic carbocycles. The van der Waals surface area contributed by atoms with Crippen LogP contribution < -0.4 is 32.9 Å². The van der Waals surface area contributed by atoms with Crippen LogP contribution in [0.5, 0.6) is 5.88 Å². The Labute approximate surface area is 193 Å². The van der Waals surface area contributed by atoms with Gasteiger partial charge in [0, 0.05) is 16.7 Å². The summed E-state index contributed by atoms with van der Waals surface area (Å²) in [7, 11) is 0. The summed E-state index contributed by atoms with van der Waals surface area (Å²) in [5.41, 5.74) is 12.6. The first-order valence-electron chi connectivity index (χ1n) is 9.73. The molecule has 0 fully saturated rings. The summed E-state index contributed by atoms with van der Waals surface area (Å²) in [4.78, 5) is 17.8. The Bertz CT molecular complexity index is 1250. The molecule has 0 atom stereocenters. The van der Waals surface area contributed by atoms with Crippen LogP contribution in [-0.4, -0.2) is 16.9 Å². The molecule has 4 rings (SSSR count). The number of nitrogens with zero attached hydrogens (tertiary/aromatic N) is 2. The summed E-state index contributed by atoms with van der Waals surface area (Å²) < 4.78 is 11.2. The zero-order chi connectivity index (χ0) is 23.2. The molecule has 0 saturated heterocycles. The molecule has 168 valence electrons. The van der Waals surface area contributed by atoms with Crippen molar-refractivity contribution < 1.29 is 13.9 Å². The van der Waals surface area contributed by atoms with Crippen molar-refractivity contribution in [1.29, 1.82) is 0 Å². The van der Waals surface area contributed by atoms with Gasteiger partial charge in [0.15, 0.2) is 0 Å². The number of hydrazine groups is 1. The number of hydrazone groups is 1. The van der Waals surface area contributed by atoms with Gasteiger partial charge in [-0.1, -0.05) is 18.2 Å². The summed E-state index contributed by atoms with van der Waals surface area (Å²) >= 11 is 1.57. The van der Waals surface area contributed by atoms with E-state index >= 15 is 0 Å². The number of nitrogens with one attached hydrogen (secondary N) is 2. The standard InChI is InChI=1S/C22H21N7O3S/c23-19-16(15-7-8-31-12-15)10-17(18-2-1-9-33-18)26-21(19)32-11-13-3-5-14(6-4-13)20(30)27-22(28-24)29-25/h1-10,12H,11,23-25H2,(H2,27,28,29,30). The Hall–Kier alpha value is -4.35. The third-order valence-electron chi connectivity index (χ3n) is 4.72. The van der Waals surface area contributed by atoms with Gasteiger partial charge in [0.05, 0.1) is 23.1 Å². The van der Waals surface area contributed by atoms with Crippen LogP contribution in [0.3, 0.4) is 0 Å². The van der Waals surface area contributed by atoms with Gasteiger partial charge in [0.1, 0.15) is 12.3 Å². The minimum absolute atomic E-state index is 0.0481. The number of aromatic nitrogens is 1. The molecule has 0 bridgehead atoms. The number of amides is 1. The molecule has 3 heterocycles. The van der Waals surface area contributed by atoms with Gasteiger partial charge in [-0.05, 0) is 41.3 Å². The maximum atomic E-state index is 12.2. The lowest BCUT2D eigenvalue weighted by atomic mass is 10.1. The molecule has 10 nitrogen and oxygen atoms in total. The van der Waals surface area contributed by atoms with E-state index in [-0.39, 0.29) is 12.6 Å². The highest BCUT2D eigenvalue weighted by Crippen LogP contribution is 2.37.